The van der Waals surface area contributed by atoms with Crippen molar-refractivity contribution in [3.05, 3.63) is 95.1 Å². The molecule has 0 aromatic heterocycles. The van der Waals surface area contributed by atoms with Gasteiger partial charge in [-0.25, -0.2) is 0 Å². The number of carbonyl (C=O) groups excluding carboxylic acids is 1. The van der Waals surface area contributed by atoms with Gasteiger partial charge in [0.2, 0.25) is 5.91 Å². The Kier molecular flexibility index (Phi) is 8.32. The van der Waals surface area contributed by atoms with Gasteiger partial charge in [-0.15, -0.1) is 0 Å². The molecule has 0 saturated heterocycles. The summed E-state index contributed by atoms with van der Waals surface area (Å²) in [6, 6.07) is 25.1. The Balaban J connectivity index is 1.71. The fraction of sp³-hybridized carbons (Fsp3) is 0.375. The van der Waals surface area contributed by atoms with Crippen LogP contribution in [0.2, 0.25) is 0 Å². The van der Waals surface area contributed by atoms with E-state index in [1.54, 1.807) is 14.2 Å². The quantitative estimate of drug-likeness (QED) is 0.357. The minimum atomic E-state index is -0.136. The lowest BCUT2D eigenvalue weighted by Gasteiger charge is -2.32. The summed E-state index contributed by atoms with van der Waals surface area (Å²) in [5.41, 5.74) is 4.42. The van der Waals surface area contributed by atoms with Crippen LogP contribution in [0.4, 0.5) is 0 Å². The third-order valence-electron chi connectivity index (χ3n) is 6.78. The van der Waals surface area contributed by atoms with Crippen LogP contribution in [0.1, 0.15) is 61.8 Å². The molecule has 1 heterocycles. The minimum Gasteiger partial charge on any atom is -0.493 e. The van der Waals surface area contributed by atoms with Crippen molar-refractivity contribution in [2.75, 3.05) is 27.3 Å². The SMILES string of the molecule is COc1cc2c(cc1OC)C(N(CCC(c1ccccc1)c1ccccc1)C(=O)CC(C)(C)C)=NCC2. The highest BCUT2D eigenvalue weighted by Gasteiger charge is 2.30. The number of hydrogen-bond donors (Lipinski definition) is 0. The van der Waals surface area contributed by atoms with Crippen molar-refractivity contribution >= 4 is 11.7 Å². The lowest BCUT2D eigenvalue weighted by molar-refractivity contribution is -0.129. The Bertz CT molecular complexity index is 1190. The molecule has 5 nitrogen and oxygen atoms in total. The van der Waals surface area contributed by atoms with Gasteiger partial charge in [0.1, 0.15) is 5.84 Å². The molecule has 0 unspecified atom stereocenters. The first kappa shape index (κ1) is 26.5. The number of amidine groups is 1. The van der Waals surface area contributed by atoms with Crippen LogP contribution < -0.4 is 9.47 Å². The predicted octanol–water partition coefficient (Wildman–Crippen LogP) is 6.49. The van der Waals surface area contributed by atoms with Gasteiger partial charge in [-0.05, 0) is 47.1 Å². The average Bonchev–Trinajstić information content (AvgIpc) is 2.90. The van der Waals surface area contributed by atoms with Crippen molar-refractivity contribution in [2.45, 2.75) is 46.0 Å². The molecule has 0 spiro atoms. The van der Waals surface area contributed by atoms with Crippen molar-refractivity contribution < 1.29 is 14.3 Å². The van der Waals surface area contributed by atoms with E-state index >= 15 is 0 Å². The maximum absolute atomic E-state index is 13.8. The smallest absolute Gasteiger partial charge is 0.228 e. The monoisotopic (exact) mass is 498 g/mol. The molecule has 0 N–H and O–H groups in total. The van der Waals surface area contributed by atoms with Crippen molar-refractivity contribution in [3.8, 4) is 11.5 Å². The van der Waals surface area contributed by atoms with E-state index in [4.69, 9.17) is 14.5 Å². The number of hydrogen-bond acceptors (Lipinski definition) is 4. The van der Waals surface area contributed by atoms with Gasteiger partial charge >= 0.3 is 0 Å². The van der Waals surface area contributed by atoms with Crippen LogP contribution in [0.5, 0.6) is 11.5 Å². The largest absolute Gasteiger partial charge is 0.493 e. The van der Waals surface area contributed by atoms with Gasteiger partial charge in [0.05, 0.1) is 14.2 Å². The molecule has 5 heteroatoms. The van der Waals surface area contributed by atoms with Crippen molar-refractivity contribution in [1.82, 2.24) is 4.90 Å². The summed E-state index contributed by atoms with van der Waals surface area (Å²) in [7, 11) is 3.28. The highest BCUT2D eigenvalue weighted by molar-refractivity contribution is 6.09. The molecule has 3 aromatic carbocycles. The van der Waals surface area contributed by atoms with Crippen molar-refractivity contribution in [3.63, 3.8) is 0 Å². The predicted molar refractivity (Wildman–Crippen MR) is 150 cm³/mol. The number of ether oxygens (including phenoxy) is 2. The molecule has 1 aliphatic heterocycles. The summed E-state index contributed by atoms with van der Waals surface area (Å²) >= 11 is 0. The summed E-state index contributed by atoms with van der Waals surface area (Å²) in [5.74, 6) is 2.33. The maximum Gasteiger partial charge on any atom is 0.228 e. The van der Waals surface area contributed by atoms with Crippen LogP contribution in [0.15, 0.2) is 77.8 Å². The molecule has 194 valence electrons. The first-order chi connectivity index (χ1) is 17.8. The fourth-order valence-corrected chi connectivity index (χ4v) is 4.99. The van der Waals surface area contributed by atoms with Gasteiger partial charge in [-0.2, -0.15) is 0 Å². The summed E-state index contributed by atoms with van der Waals surface area (Å²) in [4.78, 5) is 20.6. The fourth-order valence-electron chi connectivity index (χ4n) is 4.99. The minimum absolute atomic E-state index is 0.0914. The zero-order chi connectivity index (χ0) is 26.4. The van der Waals surface area contributed by atoms with Crippen LogP contribution in [0.3, 0.4) is 0 Å². The Morgan fingerprint density at radius 1 is 0.919 bits per heavy atom. The number of nitrogens with zero attached hydrogens (tertiary/aromatic N) is 2. The van der Waals surface area contributed by atoms with Gasteiger partial charge in [-0.3, -0.25) is 14.7 Å². The molecule has 0 aliphatic carbocycles. The summed E-state index contributed by atoms with van der Waals surface area (Å²) < 4.78 is 11.1. The molecule has 1 amide bonds. The summed E-state index contributed by atoms with van der Waals surface area (Å²) in [6.45, 7) is 7.51. The summed E-state index contributed by atoms with van der Waals surface area (Å²) in [5, 5.41) is 0. The highest BCUT2D eigenvalue weighted by atomic mass is 16.5. The number of benzene rings is 3. The normalized spacial score (nSPS) is 13.1. The van der Waals surface area contributed by atoms with Crippen LogP contribution in [-0.4, -0.2) is 44.0 Å². The molecule has 0 radical (unpaired) electrons. The standard InChI is InChI=1S/C32H38N2O3/c1-32(2,3)22-30(35)34(31-27-21-29(37-5)28(36-4)20-25(27)16-18-33-31)19-17-26(23-12-8-6-9-13-23)24-14-10-7-11-15-24/h6-15,20-21,26H,16-19,22H2,1-5H3. The van der Waals surface area contributed by atoms with E-state index in [0.717, 1.165) is 29.8 Å². The molecule has 0 fully saturated rings. The van der Waals surface area contributed by atoms with Crippen LogP contribution in [0, 0.1) is 5.41 Å². The summed E-state index contributed by atoms with van der Waals surface area (Å²) in [6.07, 6.45) is 2.03. The first-order valence-electron chi connectivity index (χ1n) is 13.0. The molecule has 0 bridgehead atoms. The number of rotatable bonds is 8. The Morgan fingerprint density at radius 2 is 1.49 bits per heavy atom. The number of aliphatic imine (C=N–C) groups is 1. The van der Waals surface area contributed by atoms with Gasteiger partial charge in [0.25, 0.3) is 0 Å². The van der Waals surface area contributed by atoms with E-state index < -0.39 is 0 Å². The van der Waals surface area contributed by atoms with Crippen LogP contribution >= 0.6 is 0 Å². The van der Waals surface area contributed by atoms with Crippen molar-refractivity contribution in [2.24, 2.45) is 10.4 Å². The third kappa shape index (κ3) is 6.40. The molecule has 1 aliphatic rings. The second-order valence-corrected chi connectivity index (χ2v) is 10.8. The van der Waals surface area contributed by atoms with Gasteiger partial charge in [0.15, 0.2) is 11.5 Å². The molecule has 3 aromatic rings. The number of methoxy groups -OCH3 is 2. The molecule has 4 rings (SSSR count). The Hall–Kier alpha value is -3.60. The first-order valence-corrected chi connectivity index (χ1v) is 13.0. The van der Waals surface area contributed by atoms with E-state index in [9.17, 15) is 4.79 Å². The topological polar surface area (TPSA) is 51.1 Å². The van der Waals surface area contributed by atoms with E-state index in [-0.39, 0.29) is 17.2 Å². The second-order valence-electron chi connectivity index (χ2n) is 10.8. The molecule has 0 atom stereocenters. The number of carbonyl (C=O) groups is 1. The van der Waals surface area contributed by atoms with Gasteiger partial charge < -0.3 is 9.47 Å². The molecular weight excluding hydrogens is 460 g/mol. The lowest BCUT2D eigenvalue weighted by atomic mass is 9.87. The van der Waals surface area contributed by atoms with Crippen LogP contribution in [0.25, 0.3) is 0 Å². The average molecular weight is 499 g/mol. The second kappa shape index (κ2) is 11.6. The Labute approximate surface area is 221 Å². The van der Waals surface area contributed by atoms with E-state index in [2.05, 4.69) is 69.3 Å². The zero-order valence-corrected chi connectivity index (χ0v) is 22.7. The number of fused-ring (bicyclic) bond motifs is 1. The maximum atomic E-state index is 13.8. The lowest BCUT2D eigenvalue weighted by Crippen LogP contribution is -2.42. The van der Waals surface area contributed by atoms with Crippen molar-refractivity contribution in [1.29, 1.82) is 0 Å². The zero-order valence-electron chi connectivity index (χ0n) is 22.7. The third-order valence-corrected chi connectivity index (χ3v) is 6.78. The Morgan fingerprint density at radius 3 is 2.03 bits per heavy atom. The number of amides is 1. The highest BCUT2D eigenvalue weighted by Crippen LogP contribution is 2.34. The molecule has 37 heavy (non-hydrogen) atoms. The van der Waals surface area contributed by atoms with E-state index in [1.807, 2.05) is 29.2 Å². The van der Waals surface area contributed by atoms with Gasteiger partial charge in [-0.1, -0.05) is 81.4 Å². The molecular formula is C32H38N2O3. The van der Waals surface area contributed by atoms with Crippen LogP contribution in [-0.2, 0) is 11.2 Å². The van der Waals surface area contributed by atoms with E-state index in [1.165, 1.54) is 11.1 Å². The molecule has 0 saturated carbocycles. The van der Waals surface area contributed by atoms with E-state index in [0.29, 0.717) is 31.0 Å². The van der Waals surface area contributed by atoms with Gasteiger partial charge in [0, 0.05) is 31.0 Å².